The quantitative estimate of drug-likeness (QED) is 0.389. The van der Waals surface area contributed by atoms with E-state index in [1.54, 1.807) is 31.2 Å². The second kappa shape index (κ2) is 7.36. The molecule has 7 nitrogen and oxygen atoms in total. The number of rotatable bonds is 5. The summed E-state index contributed by atoms with van der Waals surface area (Å²) in [5.74, 6) is -0.930. The van der Waals surface area contributed by atoms with Crippen molar-refractivity contribution < 1.29 is 18.8 Å². The molecule has 0 aliphatic carbocycles. The molecule has 138 valence electrons. The first-order valence-electron chi connectivity index (χ1n) is 8.06. The van der Waals surface area contributed by atoms with Gasteiger partial charge >= 0.3 is 5.97 Å². The van der Waals surface area contributed by atoms with Crippen molar-refractivity contribution in [3.63, 3.8) is 0 Å². The number of halogens is 1. The van der Waals surface area contributed by atoms with E-state index < -0.39 is 10.9 Å². The monoisotopic (exact) mass is 369 g/mol. The Morgan fingerprint density at radius 2 is 1.81 bits per heavy atom. The third-order valence-corrected chi connectivity index (χ3v) is 4.22. The molecule has 3 rings (SSSR count). The van der Waals surface area contributed by atoms with Crippen LogP contribution in [0.15, 0.2) is 48.5 Å². The van der Waals surface area contributed by atoms with E-state index in [0.717, 1.165) is 5.56 Å². The summed E-state index contributed by atoms with van der Waals surface area (Å²) in [6, 6.07) is 11.8. The number of nitro groups is 1. The van der Waals surface area contributed by atoms with Crippen molar-refractivity contribution in [3.05, 3.63) is 87.0 Å². The van der Waals surface area contributed by atoms with E-state index in [-0.39, 0.29) is 17.2 Å². The maximum absolute atomic E-state index is 13.1. The van der Waals surface area contributed by atoms with Gasteiger partial charge in [0, 0.05) is 29.8 Å². The lowest BCUT2D eigenvalue weighted by atomic mass is 10.0. The fourth-order valence-corrected chi connectivity index (χ4v) is 2.78. The fraction of sp³-hybridized carbons (Fsp3) is 0.158. The van der Waals surface area contributed by atoms with Gasteiger partial charge in [0.2, 0.25) is 0 Å². The largest absolute Gasteiger partial charge is 0.464 e. The molecule has 0 aliphatic heterocycles. The molecule has 8 heteroatoms. The van der Waals surface area contributed by atoms with Crippen LogP contribution in [0.4, 0.5) is 10.1 Å². The summed E-state index contributed by atoms with van der Waals surface area (Å²) in [7, 11) is 1.27. The Kier molecular flexibility index (Phi) is 4.98. The first-order chi connectivity index (χ1) is 12.9. The molecule has 0 amide bonds. The zero-order valence-corrected chi connectivity index (χ0v) is 14.7. The first kappa shape index (κ1) is 18.2. The minimum Gasteiger partial charge on any atom is -0.464 e. The average Bonchev–Trinajstić information content (AvgIpc) is 2.99. The molecular weight excluding hydrogens is 353 g/mol. The number of carbonyl (C=O) groups excluding carboxylic acids is 1. The Bertz CT molecular complexity index is 995. The molecule has 0 saturated carbocycles. The maximum atomic E-state index is 13.1. The summed E-state index contributed by atoms with van der Waals surface area (Å²) in [5.41, 5.74) is 2.84. The molecular formula is C19H16FN3O4. The van der Waals surface area contributed by atoms with Gasteiger partial charge < -0.3 is 4.74 Å². The molecule has 0 unspecified atom stereocenters. The van der Waals surface area contributed by atoms with Crippen LogP contribution in [0.3, 0.4) is 0 Å². The highest BCUT2D eigenvalue weighted by atomic mass is 19.1. The predicted octanol–water partition coefficient (Wildman–Crippen LogP) is 3.61. The summed E-state index contributed by atoms with van der Waals surface area (Å²) in [4.78, 5) is 22.5. The number of hydrogen-bond donors (Lipinski definition) is 0. The van der Waals surface area contributed by atoms with Crippen LogP contribution in [0, 0.1) is 22.9 Å². The molecule has 0 spiro atoms. The van der Waals surface area contributed by atoms with Crippen molar-refractivity contribution in [2.24, 2.45) is 0 Å². The van der Waals surface area contributed by atoms with Gasteiger partial charge in [0.05, 0.1) is 17.7 Å². The van der Waals surface area contributed by atoms with Crippen molar-refractivity contribution in [2.75, 3.05) is 7.11 Å². The zero-order chi connectivity index (χ0) is 19.6. The van der Waals surface area contributed by atoms with Gasteiger partial charge in [-0.2, -0.15) is 5.10 Å². The van der Waals surface area contributed by atoms with Crippen LogP contribution < -0.4 is 0 Å². The summed E-state index contributed by atoms with van der Waals surface area (Å²) >= 11 is 0. The Balaban J connectivity index is 2.05. The SMILES string of the molecule is COC(=O)c1nn(-c2ccc([N+](=O)[O-])cc2)c(C)c1Cc1ccc(F)cc1. The number of methoxy groups -OCH3 is 1. The molecule has 0 saturated heterocycles. The summed E-state index contributed by atoms with van der Waals surface area (Å²) in [6.45, 7) is 1.79. The lowest BCUT2D eigenvalue weighted by molar-refractivity contribution is -0.384. The topological polar surface area (TPSA) is 87.3 Å². The standard InChI is InChI=1S/C19H16FN3O4/c1-12-17(11-13-3-5-14(20)6-4-13)18(19(24)27-2)21-22(12)15-7-9-16(10-8-15)23(25)26/h3-10H,11H2,1-2H3. The Morgan fingerprint density at radius 3 is 2.37 bits per heavy atom. The predicted molar refractivity (Wildman–Crippen MR) is 95.5 cm³/mol. The summed E-state index contributed by atoms with van der Waals surface area (Å²) < 4.78 is 19.5. The highest BCUT2D eigenvalue weighted by Crippen LogP contribution is 2.23. The third kappa shape index (κ3) is 3.69. The van der Waals surface area contributed by atoms with Crippen LogP contribution in [0.1, 0.15) is 27.3 Å². The van der Waals surface area contributed by atoms with Gasteiger partial charge in [-0.25, -0.2) is 13.9 Å². The molecule has 0 radical (unpaired) electrons. The lowest BCUT2D eigenvalue weighted by Crippen LogP contribution is -2.06. The van der Waals surface area contributed by atoms with Crippen molar-refractivity contribution >= 4 is 11.7 Å². The van der Waals surface area contributed by atoms with E-state index in [4.69, 9.17) is 4.74 Å². The lowest BCUT2D eigenvalue weighted by Gasteiger charge is -2.06. The average molecular weight is 369 g/mol. The molecule has 0 N–H and O–H groups in total. The van der Waals surface area contributed by atoms with Crippen LogP contribution in [0.5, 0.6) is 0 Å². The van der Waals surface area contributed by atoms with Crippen molar-refractivity contribution in [3.8, 4) is 5.69 Å². The van der Waals surface area contributed by atoms with Gasteiger partial charge in [-0.15, -0.1) is 0 Å². The van der Waals surface area contributed by atoms with Gasteiger partial charge in [-0.1, -0.05) is 12.1 Å². The second-order valence-corrected chi connectivity index (χ2v) is 5.89. The Hall–Kier alpha value is -3.55. The van der Waals surface area contributed by atoms with E-state index >= 15 is 0 Å². The zero-order valence-electron chi connectivity index (χ0n) is 14.7. The normalized spacial score (nSPS) is 10.6. The van der Waals surface area contributed by atoms with Crippen LogP contribution in [-0.2, 0) is 11.2 Å². The molecule has 0 atom stereocenters. The Morgan fingerprint density at radius 1 is 1.19 bits per heavy atom. The van der Waals surface area contributed by atoms with Gasteiger partial charge in [-0.05, 0) is 36.8 Å². The van der Waals surface area contributed by atoms with E-state index in [1.807, 2.05) is 0 Å². The minimum atomic E-state index is -0.587. The maximum Gasteiger partial charge on any atom is 0.358 e. The summed E-state index contributed by atoms with van der Waals surface area (Å²) in [5, 5.41) is 15.2. The number of non-ortho nitro benzene ring substituents is 1. The molecule has 2 aromatic carbocycles. The molecule has 0 aliphatic rings. The van der Waals surface area contributed by atoms with E-state index in [0.29, 0.717) is 23.4 Å². The molecule has 0 bridgehead atoms. The number of hydrogen-bond acceptors (Lipinski definition) is 5. The molecule has 1 heterocycles. The number of ether oxygens (including phenoxy) is 1. The van der Waals surface area contributed by atoms with Crippen LogP contribution in [0.25, 0.3) is 5.69 Å². The number of nitro benzene ring substituents is 1. The van der Waals surface area contributed by atoms with Gasteiger partial charge in [0.15, 0.2) is 5.69 Å². The molecule has 1 aromatic heterocycles. The van der Waals surface area contributed by atoms with Gasteiger partial charge in [0.1, 0.15) is 5.82 Å². The Labute approximate surface area is 154 Å². The highest BCUT2D eigenvalue weighted by molar-refractivity contribution is 5.89. The first-order valence-corrected chi connectivity index (χ1v) is 8.06. The van der Waals surface area contributed by atoms with Crippen molar-refractivity contribution in [2.45, 2.75) is 13.3 Å². The summed E-state index contributed by atoms with van der Waals surface area (Å²) in [6.07, 6.45) is 0.365. The van der Waals surface area contributed by atoms with Crippen molar-refractivity contribution in [1.82, 2.24) is 9.78 Å². The smallest absolute Gasteiger partial charge is 0.358 e. The van der Waals surface area contributed by atoms with Gasteiger partial charge in [0.25, 0.3) is 5.69 Å². The van der Waals surface area contributed by atoms with Crippen LogP contribution in [0.2, 0.25) is 0 Å². The van der Waals surface area contributed by atoms with Gasteiger partial charge in [-0.3, -0.25) is 10.1 Å². The third-order valence-electron chi connectivity index (χ3n) is 4.22. The molecule has 0 fully saturated rings. The van der Waals surface area contributed by atoms with Crippen LogP contribution >= 0.6 is 0 Å². The van der Waals surface area contributed by atoms with Crippen LogP contribution in [-0.4, -0.2) is 27.8 Å². The second-order valence-electron chi connectivity index (χ2n) is 5.89. The van der Waals surface area contributed by atoms with E-state index in [9.17, 15) is 19.3 Å². The van der Waals surface area contributed by atoms with E-state index in [1.165, 1.54) is 36.1 Å². The fourth-order valence-electron chi connectivity index (χ4n) is 2.78. The number of carbonyl (C=O) groups is 1. The molecule has 3 aromatic rings. The van der Waals surface area contributed by atoms with Crippen molar-refractivity contribution in [1.29, 1.82) is 0 Å². The highest BCUT2D eigenvalue weighted by Gasteiger charge is 2.22. The number of nitrogens with zero attached hydrogens (tertiary/aromatic N) is 3. The number of benzene rings is 2. The number of aromatic nitrogens is 2. The molecule has 27 heavy (non-hydrogen) atoms. The minimum absolute atomic E-state index is 0.0386. The van der Waals surface area contributed by atoms with E-state index in [2.05, 4.69) is 5.10 Å². The number of esters is 1.